The zero-order valence-electron chi connectivity index (χ0n) is 13.0. The number of para-hydroxylation sites is 2. The molecule has 0 aliphatic rings. The van der Waals surface area contributed by atoms with Gasteiger partial charge < -0.3 is 5.32 Å². The van der Waals surface area contributed by atoms with Gasteiger partial charge in [0.05, 0.1) is 16.7 Å². The largest absolute Gasteiger partial charge is 0.332 e. The van der Waals surface area contributed by atoms with Gasteiger partial charge in [0.1, 0.15) is 0 Å². The number of nitrogens with one attached hydrogen (secondary N) is 1. The number of carbonyl (C=O) groups excluding carboxylic acids is 1. The number of hydrogen-bond donors (Lipinski definition) is 1. The van der Waals surface area contributed by atoms with Gasteiger partial charge in [-0.2, -0.15) is 0 Å². The maximum Gasteiger partial charge on any atom is 0.332 e. The normalized spacial score (nSPS) is 10.6. The van der Waals surface area contributed by atoms with Crippen molar-refractivity contribution in [3.05, 3.63) is 77.2 Å². The lowest BCUT2D eigenvalue weighted by molar-refractivity contribution is 0.254. The molecule has 1 aromatic heterocycles. The molecule has 1 amide bonds. The quantitative estimate of drug-likeness (QED) is 0.310. The van der Waals surface area contributed by atoms with E-state index in [-0.39, 0.29) is 5.95 Å². The molecule has 25 heavy (non-hydrogen) atoms. The molecule has 1 heterocycles. The molecule has 0 atom stereocenters. The Kier molecular flexibility index (Phi) is 3.53. The first-order valence-electron chi connectivity index (χ1n) is 7.59. The molecule has 0 saturated carbocycles. The number of fused-ring (bicyclic) bond motifs is 2. The van der Waals surface area contributed by atoms with E-state index < -0.39 is 6.03 Å². The van der Waals surface area contributed by atoms with E-state index in [9.17, 15) is 4.79 Å². The summed E-state index contributed by atoms with van der Waals surface area (Å²) >= 11 is 0. The number of carbonyl (C=O) groups is 1. The molecule has 0 spiro atoms. The number of amides is 1. The minimum atomic E-state index is -0.438. The van der Waals surface area contributed by atoms with Crippen LogP contribution in [0.25, 0.3) is 32.2 Å². The average Bonchev–Trinajstić information content (AvgIpc) is 3.00. The first-order valence-corrected chi connectivity index (χ1v) is 7.59. The highest BCUT2D eigenvalue weighted by Crippen LogP contribution is 2.26. The SMILES string of the molecule is [N-]=[N+]=Nc1nc2ccccc2n1C(=O)Nc1cccc2ccccc12. The predicted molar refractivity (Wildman–Crippen MR) is 96.9 cm³/mol. The molecule has 0 fully saturated rings. The van der Waals surface area contributed by atoms with E-state index in [1.165, 1.54) is 4.57 Å². The van der Waals surface area contributed by atoms with E-state index in [0.29, 0.717) is 16.7 Å². The van der Waals surface area contributed by atoms with Crippen LogP contribution in [0.15, 0.2) is 71.8 Å². The van der Waals surface area contributed by atoms with Crippen molar-refractivity contribution in [1.29, 1.82) is 0 Å². The highest BCUT2D eigenvalue weighted by molar-refractivity contribution is 6.05. The minimum absolute atomic E-state index is 0.00133. The molecule has 120 valence electrons. The Morgan fingerprint density at radius 2 is 1.80 bits per heavy atom. The second-order valence-electron chi connectivity index (χ2n) is 5.38. The Morgan fingerprint density at radius 1 is 1.04 bits per heavy atom. The molecule has 0 saturated heterocycles. The first-order chi connectivity index (χ1) is 12.3. The fraction of sp³-hybridized carbons (Fsp3) is 0. The van der Waals surface area contributed by atoms with E-state index in [4.69, 9.17) is 5.53 Å². The summed E-state index contributed by atoms with van der Waals surface area (Å²) in [7, 11) is 0. The Labute approximate surface area is 142 Å². The van der Waals surface area contributed by atoms with Gasteiger partial charge in [-0.15, -0.1) is 0 Å². The predicted octanol–water partition coefficient (Wildman–Crippen LogP) is 5.21. The third-order valence-electron chi connectivity index (χ3n) is 3.91. The monoisotopic (exact) mass is 328 g/mol. The molecule has 7 nitrogen and oxygen atoms in total. The van der Waals surface area contributed by atoms with Crippen LogP contribution in [0.4, 0.5) is 16.4 Å². The van der Waals surface area contributed by atoms with Crippen LogP contribution in [0.1, 0.15) is 0 Å². The summed E-state index contributed by atoms with van der Waals surface area (Å²) < 4.78 is 1.27. The number of anilines is 1. The molecule has 1 N–H and O–H groups in total. The van der Waals surface area contributed by atoms with Gasteiger partial charge in [0.25, 0.3) is 0 Å². The standard InChI is InChI=1S/C18H12N6O/c19-23-22-17-20-15-9-3-4-11-16(15)24(17)18(25)21-14-10-5-7-12-6-1-2-8-13(12)14/h1-11H,(H,21,25). The zero-order valence-corrected chi connectivity index (χ0v) is 13.0. The summed E-state index contributed by atoms with van der Waals surface area (Å²) in [5, 5.41) is 8.36. The third-order valence-corrected chi connectivity index (χ3v) is 3.91. The zero-order chi connectivity index (χ0) is 17.2. The van der Waals surface area contributed by atoms with Crippen LogP contribution in [-0.4, -0.2) is 15.6 Å². The average molecular weight is 328 g/mol. The van der Waals surface area contributed by atoms with Gasteiger partial charge in [-0.1, -0.05) is 48.5 Å². The van der Waals surface area contributed by atoms with Crippen molar-refractivity contribution in [2.75, 3.05) is 5.32 Å². The van der Waals surface area contributed by atoms with Crippen LogP contribution >= 0.6 is 0 Å². The molecular weight excluding hydrogens is 316 g/mol. The van der Waals surface area contributed by atoms with Crippen molar-refractivity contribution in [1.82, 2.24) is 9.55 Å². The number of aromatic nitrogens is 2. The summed E-state index contributed by atoms with van der Waals surface area (Å²) in [6.45, 7) is 0. The van der Waals surface area contributed by atoms with Crippen LogP contribution in [0.3, 0.4) is 0 Å². The molecule has 0 aliphatic carbocycles. The second kappa shape index (κ2) is 5.99. The molecule has 0 bridgehead atoms. The number of azide groups is 1. The van der Waals surface area contributed by atoms with Crippen molar-refractivity contribution in [3.63, 3.8) is 0 Å². The molecule has 0 aliphatic heterocycles. The van der Waals surface area contributed by atoms with Crippen LogP contribution in [0.2, 0.25) is 0 Å². The van der Waals surface area contributed by atoms with E-state index in [0.717, 1.165) is 10.8 Å². The van der Waals surface area contributed by atoms with Crippen LogP contribution in [-0.2, 0) is 0 Å². The lowest BCUT2D eigenvalue weighted by atomic mass is 10.1. The Hall–Kier alpha value is -3.83. The molecule has 0 unspecified atom stereocenters. The smallest absolute Gasteiger partial charge is 0.307 e. The number of rotatable bonds is 2. The molecular formula is C18H12N6O. The Morgan fingerprint density at radius 3 is 2.68 bits per heavy atom. The number of benzene rings is 3. The molecule has 4 rings (SSSR count). The minimum Gasteiger partial charge on any atom is -0.307 e. The Balaban J connectivity index is 1.82. The van der Waals surface area contributed by atoms with Gasteiger partial charge in [-0.25, -0.2) is 14.3 Å². The van der Waals surface area contributed by atoms with Crippen molar-refractivity contribution >= 4 is 39.5 Å². The summed E-state index contributed by atoms with van der Waals surface area (Å²) in [4.78, 5) is 19.8. The van der Waals surface area contributed by atoms with Gasteiger partial charge in [0, 0.05) is 10.3 Å². The topological polar surface area (TPSA) is 95.7 Å². The fourth-order valence-electron chi connectivity index (χ4n) is 2.83. The van der Waals surface area contributed by atoms with Crippen LogP contribution in [0.5, 0.6) is 0 Å². The summed E-state index contributed by atoms with van der Waals surface area (Å²) in [5.41, 5.74) is 10.6. The van der Waals surface area contributed by atoms with Crippen molar-refractivity contribution in [3.8, 4) is 0 Å². The van der Waals surface area contributed by atoms with Crippen molar-refractivity contribution < 1.29 is 4.79 Å². The van der Waals surface area contributed by atoms with Crippen molar-refractivity contribution in [2.24, 2.45) is 5.11 Å². The first kappa shape index (κ1) is 14.7. The number of nitrogens with zero attached hydrogens (tertiary/aromatic N) is 5. The lowest BCUT2D eigenvalue weighted by Gasteiger charge is -2.10. The Bertz CT molecular complexity index is 1150. The van der Waals surface area contributed by atoms with E-state index in [1.807, 2.05) is 48.5 Å². The summed E-state index contributed by atoms with van der Waals surface area (Å²) in [6, 6.07) is 20.1. The lowest BCUT2D eigenvalue weighted by Crippen LogP contribution is -2.19. The maximum atomic E-state index is 12.9. The van der Waals surface area contributed by atoms with Gasteiger partial charge in [0.2, 0.25) is 5.95 Å². The number of imidazole rings is 1. The number of hydrogen-bond acceptors (Lipinski definition) is 3. The molecule has 7 heteroatoms. The van der Waals surface area contributed by atoms with Gasteiger partial charge in [-0.05, 0) is 34.2 Å². The maximum absolute atomic E-state index is 12.9. The van der Waals surface area contributed by atoms with Gasteiger partial charge in [-0.3, -0.25) is 0 Å². The summed E-state index contributed by atoms with van der Waals surface area (Å²) in [6.07, 6.45) is 0. The van der Waals surface area contributed by atoms with Crippen molar-refractivity contribution in [2.45, 2.75) is 0 Å². The highest BCUT2D eigenvalue weighted by Gasteiger charge is 2.16. The van der Waals surface area contributed by atoms with E-state index in [1.54, 1.807) is 18.2 Å². The fourth-order valence-corrected chi connectivity index (χ4v) is 2.83. The van der Waals surface area contributed by atoms with E-state index in [2.05, 4.69) is 20.3 Å². The molecule has 3 aromatic carbocycles. The molecule has 4 aromatic rings. The highest BCUT2D eigenvalue weighted by atomic mass is 16.2. The second-order valence-corrected chi connectivity index (χ2v) is 5.38. The van der Waals surface area contributed by atoms with Gasteiger partial charge in [0.15, 0.2) is 0 Å². The van der Waals surface area contributed by atoms with E-state index >= 15 is 0 Å². The van der Waals surface area contributed by atoms with Crippen LogP contribution in [0, 0.1) is 0 Å². The molecule has 0 radical (unpaired) electrons. The van der Waals surface area contributed by atoms with Crippen LogP contribution < -0.4 is 5.32 Å². The third kappa shape index (κ3) is 2.54. The summed E-state index contributed by atoms with van der Waals surface area (Å²) in [5.74, 6) is 0.00133. The van der Waals surface area contributed by atoms with Gasteiger partial charge >= 0.3 is 6.03 Å².